The zero-order valence-electron chi connectivity index (χ0n) is 10.5. The average molecular weight is 265 g/mol. The van der Waals surface area contributed by atoms with E-state index in [0.717, 1.165) is 4.90 Å². The van der Waals surface area contributed by atoms with Crippen molar-refractivity contribution in [3.05, 3.63) is 0 Å². The average Bonchev–Trinajstić information content (AvgIpc) is 2.11. The third-order valence-electron chi connectivity index (χ3n) is 2.26. The molecule has 0 radical (unpaired) electrons. The molecule has 100 valence electrons. The normalized spacial score (nSPS) is 13.5. The van der Waals surface area contributed by atoms with Gasteiger partial charge < -0.3 is 10.0 Å². The van der Waals surface area contributed by atoms with Crippen molar-refractivity contribution in [2.24, 2.45) is 5.92 Å². The van der Waals surface area contributed by atoms with Gasteiger partial charge >= 0.3 is 5.97 Å². The molecule has 0 spiro atoms. The van der Waals surface area contributed by atoms with Crippen LogP contribution in [-0.4, -0.2) is 54.9 Å². The molecule has 0 aromatic carbocycles. The Bertz CT molecular complexity index is 388. The fourth-order valence-corrected chi connectivity index (χ4v) is 2.95. The van der Waals surface area contributed by atoms with Gasteiger partial charge in [-0.25, -0.2) is 13.2 Å². The van der Waals surface area contributed by atoms with Gasteiger partial charge in [0.15, 0.2) is 9.84 Å². The Labute approximate surface area is 102 Å². The molecule has 0 bridgehead atoms. The van der Waals surface area contributed by atoms with E-state index in [-0.39, 0.29) is 11.7 Å². The van der Waals surface area contributed by atoms with Crippen LogP contribution in [0.3, 0.4) is 0 Å². The number of carbonyl (C=O) groups excluding carboxylic acids is 1. The number of amides is 1. The predicted octanol–water partition coefficient (Wildman–Crippen LogP) is -0.0113. The molecule has 1 unspecified atom stereocenters. The number of rotatable bonds is 6. The molecule has 6 nitrogen and oxygen atoms in total. The first-order valence-corrected chi connectivity index (χ1v) is 7.08. The number of carbonyl (C=O) groups is 2. The highest BCUT2D eigenvalue weighted by Crippen LogP contribution is 2.04. The third kappa shape index (κ3) is 5.67. The van der Waals surface area contributed by atoms with Gasteiger partial charge in [-0.05, 0) is 12.8 Å². The van der Waals surface area contributed by atoms with Crippen molar-refractivity contribution in [3.63, 3.8) is 0 Å². The van der Waals surface area contributed by atoms with Gasteiger partial charge in [0.05, 0.1) is 5.75 Å². The van der Waals surface area contributed by atoms with Crippen LogP contribution in [0.4, 0.5) is 0 Å². The van der Waals surface area contributed by atoms with Crippen molar-refractivity contribution in [1.29, 1.82) is 0 Å². The molecule has 1 atom stereocenters. The van der Waals surface area contributed by atoms with E-state index < -0.39 is 33.5 Å². The summed E-state index contributed by atoms with van der Waals surface area (Å²) in [5.41, 5.74) is 0. The standard InChI is InChI=1S/C10H19NO5S/c1-7(2)5-17(15,16)6-9(12)11(4)8(3)10(13)14/h7-8H,5-6H2,1-4H3,(H,13,14). The fourth-order valence-electron chi connectivity index (χ4n) is 1.24. The summed E-state index contributed by atoms with van der Waals surface area (Å²) in [7, 11) is -2.18. The molecule has 1 amide bonds. The molecule has 0 aliphatic carbocycles. The van der Waals surface area contributed by atoms with E-state index in [1.54, 1.807) is 13.8 Å². The van der Waals surface area contributed by atoms with Crippen molar-refractivity contribution < 1.29 is 23.1 Å². The molecule has 7 heteroatoms. The number of carboxylic acid groups (broad SMARTS) is 1. The van der Waals surface area contributed by atoms with Crippen LogP contribution in [0.2, 0.25) is 0 Å². The second-order valence-corrected chi connectivity index (χ2v) is 6.58. The maximum atomic E-state index is 11.6. The first-order valence-electron chi connectivity index (χ1n) is 5.25. The van der Waals surface area contributed by atoms with Crippen LogP contribution < -0.4 is 0 Å². The molecule has 1 N–H and O–H groups in total. The minimum absolute atomic E-state index is 0.0602. The maximum absolute atomic E-state index is 11.6. The van der Waals surface area contributed by atoms with Crippen molar-refractivity contribution in [2.45, 2.75) is 26.8 Å². The molecule has 0 heterocycles. The highest BCUT2D eigenvalue weighted by Gasteiger charge is 2.26. The van der Waals surface area contributed by atoms with Gasteiger partial charge in [0.1, 0.15) is 11.8 Å². The molecule has 0 saturated heterocycles. The quantitative estimate of drug-likeness (QED) is 0.729. The van der Waals surface area contributed by atoms with Gasteiger partial charge in [-0.2, -0.15) is 0 Å². The van der Waals surface area contributed by atoms with E-state index in [0.29, 0.717) is 0 Å². The number of likely N-dealkylation sites (N-methyl/N-ethyl adjacent to an activating group) is 1. The van der Waals surface area contributed by atoms with E-state index in [4.69, 9.17) is 5.11 Å². The first kappa shape index (κ1) is 15.9. The van der Waals surface area contributed by atoms with Gasteiger partial charge in [0, 0.05) is 7.05 Å². The Morgan fingerprint density at radius 3 is 2.06 bits per heavy atom. The number of hydrogen-bond acceptors (Lipinski definition) is 4. The molecule has 0 aliphatic heterocycles. The smallest absolute Gasteiger partial charge is 0.326 e. The zero-order valence-corrected chi connectivity index (χ0v) is 11.3. The Morgan fingerprint density at radius 2 is 1.71 bits per heavy atom. The summed E-state index contributed by atoms with van der Waals surface area (Å²) in [5, 5.41) is 8.70. The predicted molar refractivity (Wildman–Crippen MR) is 63.4 cm³/mol. The second kappa shape index (κ2) is 6.00. The number of nitrogens with zero attached hydrogens (tertiary/aromatic N) is 1. The van der Waals surface area contributed by atoms with Gasteiger partial charge in [0.25, 0.3) is 0 Å². The van der Waals surface area contributed by atoms with E-state index in [1.165, 1.54) is 14.0 Å². The van der Waals surface area contributed by atoms with Gasteiger partial charge in [0.2, 0.25) is 5.91 Å². The van der Waals surface area contributed by atoms with Gasteiger partial charge in [-0.15, -0.1) is 0 Å². The molecule has 0 aromatic rings. The van der Waals surface area contributed by atoms with E-state index in [2.05, 4.69) is 0 Å². The highest BCUT2D eigenvalue weighted by molar-refractivity contribution is 7.92. The van der Waals surface area contributed by atoms with E-state index in [9.17, 15) is 18.0 Å². The lowest BCUT2D eigenvalue weighted by atomic mass is 10.3. The summed E-state index contributed by atoms with van der Waals surface area (Å²) >= 11 is 0. The molecule has 0 rings (SSSR count). The summed E-state index contributed by atoms with van der Waals surface area (Å²) in [6.45, 7) is 4.81. The first-order chi connectivity index (χ1) is 7.57. The van der Waals surface area contributed by atoms with Crippen molar-refractivity contribution in [3.8, 4) is 0 Å². The van der Waals surface area contributed by atoms with Crippen LogP contribution in [0.1, 0.15) is 20.8 Å². The van der Waals surface area contributed by atoms with Crippen LogP contribution in [-0.2, 0) is 19.4 Å². The summed E-state index contributed by atoms with van der Waals surface area (Å²) in [6, 6.07) is -1.03. The molecule has 0 fully saturated rings. The third-order valence-corrected chi connectivity index (χ3v) is 4.12. The Morgan fingerprint density at radius 1 is 1.24 bits per heavy atom. The lowest BCUT2D eigenvalue weighted by Crippen LogP contribution is -2.43. The van der Waals surface area contributed by atoms with Crippen LogP contribution in [0, 0.1) is 5.92 Å². The zero-order chi connectivity index (χ0) is 13.8. The minimum atomic E-state index is -3.47. The van der Waals surface area contributed by atoms with Gasteiger partial charge in [-0.3, -0.25) is 4.79 Å². The Kier molecular flexibility index (Phi) is 5.60. The van der Waals surface area contributed by atoms with Crippen molar-refractivity contribution in [1.82, 2.24) is 4.90 Å². The van der Waals surface area contributed by atoms with Crippen molar-refractivity contribution >= 4 is 21.7 Å². The topological polar surface area (TPSA) is 91.8 Å². The van der Waals surface area contributed by atoms with Crippen LogP contribution in [0.25, 0.3) is 0 Å². The number of hydrogen-bond donors (Lipinski definition) is 1. The largest absolute Gasteiger partial charge is 0.480 e. The number of aliphatic carboxylic acids is 1. The summed E-state index contributed by atoms with van der Waals surface area (Å²) < 4.78 is 23.1. The molecular weight excluding hydrogens is 246 g/mol. The lowest BCUT2D eigenvalue weighted by molar-refractivity contribution is -0.147. The summed E-state index contributed by atoms with van der Waals surface area (Å²) in [4.78, 5) is 23.1. The number of sulfone groups is 1. The summed E-state index contributed by atoms with van der Waals surface area (Å²) in [5.74, 6) is -2.63. The second-order valence-electron chi connectivity index (χ2n) is 4.47. The fraction of sp³-hybridized carbons (Fsp3) is 0.800. The SMILES string of the molecule is CC(C)CS(=O)(=O)CC(=O)N(C)C(C)C(=O)O. The maximum Gasteiger partial charge on any atom is 0.326 e. The van der Waals surface area contributed by atoms with E-state index in [1.807, 2.05) is 0 Å². The molecule has 0 aliphatic rings. The Hall–Kier alpha value is -1.11. The van der Waals surface area contributed by atoms with Crippen LogP contribution >= 0.6 is 0 Å². The molecular formula is C10H19NO5S. The van der Waals surface area contributed by atoms with Crippen LogP contribution in [0.5, 0.6) is 0 Å². The number of carboxylic acids is 1. The van der Waals surface area contributed by atoms with Crippen LogP contribution in [0.15, 0.2) is 0 Å². The minimum Gasteiger partial charge on any atom is -0.480 e. The monoisotopic (exact) mass is 265 g/mol. The van der Waals surface area contributed by atoms with Crippen molar-refractivity contribution in [2.75, 3.05) is 18.6 Å². The molecule has 0 saturated carbocycles. The summed E-state index contributed by atoms with van der Waals surface area (Å²) in [6.07, 6.45) is 0. The highest BCUT2D eigenvalue weighted by atomic mass is 32.2. The lowest BCUT2D eigenvalue weighted by Gasteiger charge is -2.21. The molecule has 17 heavy (non-hydrogen) atoms. The Balaban J connectivity index is 4.60. The van der Waals surface area contributed by atoms with Gasteiger partial charge in [-0.1, -0.05) is 13.8 Å². The van der Waals surface area contributed by atoms with E-state index >= 15 is 0 Å². The molecule has 0 aromatic heterocycles.